The number of nitrogens with zero attached hydrogens (tertiary/aromatic N) is 1. The number of sulfonamides is 1. The predicted molar refractivity (Wildman–Crippen MR) is 95.9 cm³/mol. The summed E-state index contributed by atoms with van der Waals surface area (Å²) in [6.07, 6.45) is 1.37. The first-order valence-corrected chi connectivity index (χ1v) is 8.99. The molecule has 7 heteroatoms. The topological polar surface area (TPSA) is 71.1 Å². The maximum atomic E-state index is 13.6. The molecule has 128 valence electrons. The standard InChI is InChI=1S/C18H16FN3O2S/c1-13-6-9-15(10-7-13)25(23,24)22-14-8-11-18(20-12-14)21-17-5-3-2-4-16(17)19/h2-12,22H,1H3,(H,20,21). The number of rotatable bonds is 5. The zero-order valence-corrected chi connectivity index (χ0v) is 14.2. The van der Waals surface area contributed by atoms with Gasteiger partial charge in [0.2, 0.25) is 0 Å². The zero-order chi connectivity index (χ0) is 17.9. The second-order valence-electron chi connectivity index (χ2n) is 5.46. The second kappa shape index (κ2) is 6.90. The summed E-state index contributed by atoms with van der Waals surface area (Å²) in [4.78, 5) is 4.28. The van der Waals surface area contributed by atoms with Gasteiger partial charge in [-0.2, -0.15) is 0 Å². The van der Waals surface area contributed by atoms with E-state index in [1.807, 2.05) is 6.92 Å². The molecule has 0 unspecified atom stereocenters. The van der Waals surface area contributed by atoms with Crippen LogP contribution in [0.15, 0.2) is 71.8 Å². The second-order valence-corrected chi connectivity index (χ2v) is 7.14. The third-order valence-electron chi connectivity index (χ3n) is 3.48. The van der Waals surface area contributed by atoms with Gasteiger partial charge in [-0.15, -0.1) is 0 Å². The summed E-state index contributed by atoms with van der Waals surface area (Å²) in [5, 5.41) is 2.84. The van der Waals surface area contributed by atoms with Crippen LogP contribution in [0.5, 0.6) is 0 Å². The minimum absolute atomic E-state index is 0.173. The van der Waals surface area contributed by atoms with Gasteiger partial charge in [0, 0.05) is 0 Å². The molecule has 3 rings (SSSR count). The molecule has 0 radical (unpaired) electrons. The van der Waals surface area contributed by atoms with E-state index in [1.54, 1.807) is 54.6 Å². The van der Waals surface area contributed by atoms with Crippen LogP contribution < -0.4 is 10.0 Å². The average Bonchev–Trinajstić information content (AvgIpc) is 2.59. The van der Waals surface area contributed by atoms with Crippen molar-refractivity contribution >= 4 is 27.2 Å². The summed E-state index contributed by atoms with van der Waals surface area (Å²) in [6, 6.07) is 15.9. The highest BCUT2D eigenvalue weighted by Gasteiger charge is 2.14. The largest absolute Gasteiger partial charge is 0.338 e. The minimum Gasteiger partial charge on any atom is -0.338 e. The minimum atomic E-state index is -3.68. The molecule has 0 saturated heterocycles. The van der Waals surface area contributed by atoms with Gasteiger partial charge >= 0.3 is 0 Å². The molecule has 0 bridgehead atoms. The SMILES string of the molecule is Cc1ccc(S(=O)(=O)Nc2ccc(Nc3ccccc3F)nc2)cc1. The lowest BCUT2D eigenvalue weighted by molar-refractivity contribution is 0.601. The van der Waals surface area contributed by atoms with Crippen molar-refractivity contribution in [2.24, 2.45) is 0 Å². The van der Waals surface area contributed by atoms with Crippen molar-refractivity contribution in [3.8, 4) is 0 Å². The predicted octanol–water partition coefficient (Wildman–Crippen LogP) is 4.07. The molecular weight excluding hydrogens is 341 g/mol. The van der Waals surface area contributed by atoms with Crippen molar-refractivity contribution in [3.05, 3.63) is 78.2 Å². The molecule has 2 aromatic carbocycles. The van der Waals surface area contributed by atoms with Gasteiger partial charge in [0.15, 0.2) is 0 Å². The Morgan fingerprint density at radius 1 is 0.960 bits per heavy atom. The molecule has 0 aliphatic rings. The van der Waals surface area contributed by atoms with Crippen LogP contribution in [0.25, 0.3) is 0 Å². The van der Waals surface area contributed by atoms with Crippen LogP contribution in [0.4, 0.5) is 21.6 Å². The van der Waals surface area contributed by atoms with E-state index in [2.05, 4.69) is 15.0 Å². The lowest BCUT2D eigenvalue weighted by atomic mass is 10.2. The molecule has 0 aliphatic heterocycles. The smallest absolute Gasteiger partial charge is 0.261 e. The summed E-state index contributed by atoms with van der Waals surface area (Å²) >= 11 is 0. The van der Waals surface area contributed by atoms with Gasteiger partial charge in [0.25, 0.3) is 10.0 Å². The molecule has 5 nitrogen and oxygen atoms in total. The monoisotopic (exact) mass is 357 g/mol. The molecule has 25 heavy (non-hydrogen) atoms. The molecular formula is C18H16FN3O2S. The van der Waals surface area contributed by atoms with Gasteiger partial charge in [-0.05, 0) is 43.3 Å². The van der Waals surface area contributed by atoms with E-state index in [0.29, 0.717) is 17.2 Å². The van der Waals surface area contributed by atoms with Gasteiger partial charge in [0.05, 0.1) is 22.5 Å². The van der Waals surface area contributed by atoms with Gasteiger partial charge in [-0.1, -0.05) is 29.8 Å². The first-order chi connectivity index (χ1) is 11.9. The Morgan fingerprint density at radius 2 is 1.68 bits per heavy atom. The number of benzene rings is 2. The highest BCUT2D eigenvalue weighted by atomic mass is 32.2. The van der Waals surface area contributed by atoms with E-state index in [4.69, 9.17) is 0 Å². The molecule has 1 aromatic heterocycles. The first-order valence-electron chi connectivity index (χ1n) is 7.51. The van der Waals surface area contributed by atoms with E-state index < -0.39 is 15.8 Å². The molecule has 0 fully saturated rings. The molecule has 2 N–H and O–H groups in total. The van der Waals surface area contributed by atoms with Crippen molar-refractivity contribution < 1.29 is 12.8 Å². The highest BCUT2D eigenvalue weighted by molar-refractivity contribution is 7.92. The molecule has 1 heterocycles. The fraction of sp³-hybridized carbons (Fsp3) is 0.0556. The van der Waals surface area contributed by atoms with Crippen molar-refractivity contribution in [2.45, 2.75) is 11.8 Å². The molecule has 3 aromatic rings. The zero-order valence-electron chi connectivity index (χ0n) is 13.4. The van der Waals surface area contributed by atoms with Crippen LogP contribution in [-0.4, -0.2) is 13.4 Å². The number of hydrogen-bond donors (Lipinski definition) is 2. The highest BCUT2D eigenvalue weighted by Crippen LogP contribution is 2.20. The van der Waals surface area contributed by atoms with Crippen molar-refractivity contribution in [2.75, 3.05) is 10.0 Å². The Balaban J connectivity index is 1.74. The fourth-order valence-electron chi connectivity index (χ4n) is 2.16. The van der Waals surface area contributed by atoms with E-state index in [1.165, 1.54) is 12.3 Å². The average molecular weight is 357 g/mol. The van der Waals surface area contributed by atoms with Gasteiger partial charge in [-0.3, -0.25) is 4.72 Å². The van der Waals surface area contributed by atoms with Crippen molar-refractivity contribution in [3.63, 3.8) is 0 Å². The Bertz CT molecular complexity index is 972. The van der Waals surface area contributed by atoms with E-state index in [0.717, 1.165) is 5.56 Å². The Labute approximate surface area is 145 Å². The quantitative estimate of drug-likeness (QED) is 0.722. The van der Waals surface area contributed by atoms with Crippen LogP contribution >= 0.6 is 0 Å². The first kappa shape index (κ1) is 16.9. The van der Waals surface area contributed by atoms with Crippen LogP contribution in [-0.2, 0) is 10.0 Å². The van der Waals surface area contributed by atoms with Crippen LogP contribution in [0.2, 0.25) is 0 Å². The number of aromatic nitrogens is 1. The van der Waals surface area contributed by atoms with E-state index in [9.17, 15) is 12.8 Å². The number of halogens is 1. The number of para-hydroxylation sites is 1. The summed E-state index contributed by atoms with van der Waals surface area (Å²) in [5.41, 5.74) is 1.59. The number of hydrogen-bond acceptors (Lipinski definition) is 4. The maximum Gasteiger partial charge on any atom is 0.261 e. The van der Waals surface area contributed by atoms with Crippen LogP contribution in [0, 0.1) is 12.7 Å². The normalized spacial score (nSPS) is 11.1. The summed E-state index contributed by atoms with van der Waals surface area (Å²) in [5.74, 6) is 0.0110. The summed E-state index contributed by atoms with van der Waals surface area (Å²) < 4.78 is 40.7. The van der Waals surface area contributed by atoms with Crippen LogP contribution in [0.1, 0.15) is 5.56 Å². The van der Waals surface area contributed by atoms with Gasteiger partial charge in [0.1, 0.15) is 11.6 Å². The number of pyridine rings is 1. The van der Waals surface area contributed by atoms with Gasteiger partial charge < -0.3 is 5.32 Å². The van der Waals surface area contributed by atoms with Crippen molar-refractivity contribution in [1.29, 1.82) is 0 Å². The molecule has 0 atom stereocenters. The van der Waals surface area contributed by atoms with Crippen molar-refractivity contribution in [1.82, 2.24) is 4.98 Å². The lowest BCUT2D eigenvalue weighted by Crippen LogP contribution is -2.13. The Hall–Kier alpha value is -2.93. The van der Waals surface area contributed by atoms with Gasteiger partial charge in [-0.25, -0.2) is 17.8 Å². The summed E-state index contributed by atoms with van der Waals surface area (Å²) in [7, 11) is -3.68. The molecule has 0 amide bonds. The van der Waals surface area contributed by atoms with E-state index in [-0.39, 0.29) is 4.90 Å². The van der Waals surface area contributed by atoms with E-state index >= 15 is 0 Å². The molecule has 0 aliphatic carbocycles. The molecule has 0 spiro atoms. The maximum absolute atomic E-state index is 13.6. The molecule has 0 saturated carbocycles. The Kier molecular flexibility index (Phi) is 4.67. The third-order valence-corrected chi connectivity index (χ3v) is 4.88. The number of nitrogens with one attached hydrogen (secondary N) is 2. The lowest BCUT2D eigenvalue weighted by Gasteiger charge is -2.10. The van der Waals surface area contributed by atoms with Crippen LogP contribution in [0.3, 0.4) is 0 Å². The number of anilines is 3. The fourth-order valence-corrected chi connectivity index (χ4v) is 3.20. The number of aryl methyl sites for hydroxylation is 1. The summed E-state index contributed by atoms with van der Waals surface area (Å²) in [6.45, 7) is 1.88. The third kappa shape index (κ3) is 4.13. The Morgan fingerprint density at radius 3 is 2.32 bits per heavy atom.